The molecule has 1 aromatic heterocycles. The Hall–Kier alpha value is -7.35. The first kappa shape index (κ1) is 54.9. The van der Waals surface area contributed by atoms with Crippen molar-refractivity contribution >= 4 is 65.8 Å². The first-order valence-electron chi connectivity index (χ1n) is 24.9. The Morgan fingerprint density at radius 2 is 1.76 bits per heavy atom. The van der Waals surface area contributed by atoms with Crippen LogP contribution in [0.25, 0.3) is 10.9 Å². The molecular weight excluding hydrogens is 1010 g/mol. The zero-order valence-corrected chi connectivity index (χ0v) is 42.3. The molecule has 4 aromatic rings. The van der Waals surface area contributed by atoms with E-state index in [-0.39, 0.29) is 86.7 Å². The highest BCUT2D eigenvalue weighted by Gasteiger charge is 2.51. The van der Waals surface area contributed by atoms with Gasteiger partial charge in [0.15, 0.2) is 0 Å². The van der Waals surface area contributed by atoms with Gasteiger partial charge in [0, 0.05) is 78.8 Å². The lowest BCUT2D eigenvalue weighted by molar-refractivity contribution is -0.144. The lowest BCUT2D eigenvalue weighted by Crippen LogP contribution is -2.61. The van der Waals surface area contributed by atoms with Crippen LogP contribution >= 0.6 is 7.60 Å². The Morgan fingerprint density at radius 1 is 0.987 bits per heavy atom. The van der Waals surface area contributed by atoms with Crippen molar-refractivity contribution in [3.8, 4) is 11.8 Å². The number of benzene rings is 3. The van der Waals surface area contributed by atoms with Gasteiger partial charge in [-0.2, -0.15) is 8.78 Å². The summed E-state index contributed by atoms with van der Waals surface area (Å²) in [6.45, 7) is 0.915. The summed E-state index contributed by atoms with van der Waals surface area (Å²) in [5.74, 6) is 1.59. The predicted octanol–water partition coefficient (Wildman–Crippen LogP) is 2.41. The maximum atomic E-state index is 14.7. The number of nitrogens with two attached hydrogens (primary N) is 1. The molecule has 0 radical (unpaired) electrons. The standard InChI is InChI=1S/C52H58F2N9O12P/c1-61-23-22-33-15-18-43(63(33)51(71)40(28-61)58-46(66)36-26-56-38-16-14-32(25-35(36)38)52(53,54)76(72,73)74)49(69)57-39(17-20-44(55)64)47(67)59-41(31-10-4-2-5-11-31)29-75-24-7-3-6-9-30-12-8-13-34-37(30)27-62(50(34)70)42-19-21-45(65)60-48(42)68/h2,4-5,8,10-14,16,25-26,33,39-43,56H,3,7,15,17-24,27-29H2,1H3,(H2,55,64)(H,57,69)(H,58,66)(H,59,67)(H,60,65,68)(H2,72,73,74)/t33-,39+,40+,41?,42?,43+/m1/s1. The van der Waals surface area contributed by atoms with Crippen LogP contribution in [0.3, 0.4) is 0 Å². The molecule has 3 saturated heterocycles. The molecule has 21 nitrogen and oxygen atoms in total. The Balaban J connectivity index is 0.903. The zero-order chi connectivity index (χ0) is 54.5. The zero-order valence-electron chi connectivity index (χ0n) is 41.4. The van der Waals surface area contributed by atoms with Gasteiger partial charge >= 0.3 is 13.3 Å². The fraction of sp³-hybridized carbons (Fsp3) is 0.423. The number of likely N-dealkylation sites (N-methyl/N-ethyl adjacent to an activating group) is 1. The number of rotatable bonds is 18. The third kappa shape index (κ3) is 12.2. The van der Waals surface area contributed by atoms with Gasteiger partial charge in [0.1, 0.15) is 24.2 Å². The number of primary amides is 1. The topological polar surface area (TPSA) is 303 Å². The summed E-state index contributed by atoms with van der Waals surface area (Å²) in [5.41, 5.74) is 2.48. The minimum absolute atomic E-state index is 0.000878. The van der Waals surface area contributed by atoms with E-state index in [4.69, 9.17) is 10.5 Å². The third-order valence-corrected chi connectivity index (χ3v) is 15.1. The highest BCUT2D eigenvalue weighted by atomic mass is 31.2. The number of H-pyrrole nitrogens is 1. The van der Waals surface area contributed by atoms with Gasteiger partial charge in [0.25, 0.3) is 11.8 Å². The molecule has 6 atom stereocenters. The molecule has 24 heteroatoms. The number of imide groups is 1. The van der Waals surface area contributed by atoms with Crippen LogP contribution in [0, 0.1) is 11.8 Å². The minimum Gasteiger partial charge on any atom is -0.379 e. The molecular formula is C52H58F2N9O12P. The summed E-state index contributed by atoms with van der Waals surface area (Å²) in [4.78, 5) is 133. The Kier molecular flexibility index (Phi) is 16.8. The average molecular weight is 1070 g/mol. The van der Waals surface area contributed by atoms with Crippen LogP contribution in [-0.2, 0) is 50.3 Å². The van der Waals surface area contributed by atoms with Crippen LogP contribution in [-0.4, -0.2) is 140 Å². The van der Waals surface area contributed by atoms with Gasteiger partial charge in [-0.05, 0) is 87.5 Å². The normalized spacial score (nSPS) is 20.9. The van der Waals surface area contributed by atoms with Gasteiger partial charge in [-0.25, -0.2) is 0 Å². The molecule has 0 bridgehead atoms. The Labute approximate surface area is 435 Å². The highest BCUT2D eigenvalue weighted by molar-refractivity contribution is 7.52. The predicted molar refractivity (Wildman–Crippen MR) is 268 cm³/mol. The number of nitrogens with one attached hydrogen (secondary N) is 5. The molecule has 8 amide bonds. The summed E-state index contributed by atoms with van der Waals surface area (Å²) in [5, 5.41) is 10.6. The third-order valence-electron chi connectivity index (χ3n) is 14.2. The van der Waals surface area contributed by atoms with Gasteiger partial charge in [-0.1, -0.05) is 54.3 Å². The number of nitrogens with zero attached hydrogens (tertiary/aromatic N) is 3. The van der Waals surface area contributed by atoms with Crippen LogP contribution in [0.5, 0.6) is 0 Å². The number of alkyl halides is 2. The maximum absolute atomic E-state index is 14.7. The second-order valence-corrected chi connectivity index (χ2v) is 21.0. The molecule has 76 heavy (non-hydrogen) atoms. The fourth-order valence-electron chi connectivity index (χ4n) is 10.1. The number of aromatic nitrogens is 1. The van der Waals surface area contributed by atoms with E-state index in [0.29, 0.717) is 54.5 Å². The first-order chi connectivity index (χ1) is 36.2. The molecule has 0 spiro atoms. The summed E-state index contributed by atoms with van der Waals surface area (Å²) in [6.07, 6.45) is 3.18. The number of carbonyl (C=O) groups excluding carboxylic acids is 8. The van der Waals surface area contributed by atoms with E-state index in [0.717, 1.165) is 18.2 Å². The van der Waals surface area contributed by atoms with Crippen molar-refractivity contribution in [2.75, 3.05) is 33.4 Å². The van der Waals surface area contributed by atoms with Crippen LogP contribution in [0.2, 0.25) is 0 Å². The molecule has 9 N–H and O–H groups in total. The van der Waals surface area contributed by atoms with Gasteiger partial charge in [-0.15, -0.1) is 0 Å². The largest absolute Gasteiger partial charge is 0.399 e. The Bertz CT molecular complexity index is 3050. The number of fused-ring (bicyclic) bond motifs is 3. The number of aromatic amines is 1. The van der Waals surface area contributed by atoms with Gasteiger partial charge in [0.05, 0.1) is 18.2 Å². The van der Waals surface area contributed by atoms with E-state index in [9.17, 15) is 61.5 Å². The van der Waals surface area contributed by atoms with Crippen molar-refractivity contribution in [2.24, 2.45) is 5.73 Å². The monoisotopic (exact) mass is 1070 g/mol. The van der Waals surface area contributed by atoms with Crippen LogP contribution in [0.15, 0.2) is 72.9 Å². The van der Waals surface area contributed by atoms with Crippen LogP contribution in [0.4, 0.5) is 8.78 Å². The van der Waals surface area contributed by atoms with E-state index in [1.807, 2.05) is 4.90 Å². The van der Waals surface area contributed by atoms with Crippen molar-refractivity contribution in [1.29, 1.82) is 0 Å². The number of hydrogen-bond donors (Lipinski definition) is 8. The molecule has 0 aliphatic carbocycles. The SMILES string of the molecule is CN1CC[C@H]2CC[C@@H](C(=O)N[C@@H](CCC(N)=O)C(=O)NC(COCCCC#Cc3cccc4c3CN(C3CCC(=O)NC3=O)C4=O)c3ccccc3)N2C(=O)[C@@H](NC(=O)c2c[nH]c3ccc(C(F)(F)P(=O)(O)O)cc23)C1. The lowest BCUT2D eigenvalue weighted by atomic mass is 10.0. The van der Waals surface area contributed by atoms with E-state index in [1.165, 1.54) is 16.0 Å². The molecule has 5 heterocycles. The second-order valence-electron chi connectivity index (χ2n) is 19.4. The summed E-state index contributed by atoms with van der Waals surface area (Å²) in [6, 6.07) is 11.4. The molecule has 4 aliphatic heterocycles. The summed E-state index contributed by atoms with van der Waals surface area (Å²) >= 11 is 0. The van der Waals surface area contributed by atoms with Crippen molar-refractivity contribution in [3.63, 3.8) is 0 Å². The maximum Gasteiger partial charge on any atom is 0.399 e. The van der Waals surface area contributed by atoms with Gasteiger partial charge < -0.3 is 55.9 Å². The van der Waals surface area contributed by atoms with Crippen molar-refractivity contribution in [1.82, 2.24) is 41.0 Å². The van der Waals surface area contributed by atoms with Gasteiger partial charge in [-0.3, -0.25) is 48.2 Å². The molecule has 3 aromatic carbocycles. The number of amides is 8. The number of piperidine rings is 1. The molecule has 3 fully saturated rings. The number of carbonyl (C=O) groups is 8. The van der Waals surface area contributed by atoms with E-state index < -0.39 is 90.5 Å². The van der Waals surface area contributed by atoms with Crippen molar-refractivity contribution in [3.05, 3.63) is 106 Å². The fourth-order valence-corrected chi connectivity index (χ4v) is 10.6. The minimum atomic E-state index is -5.93. The van der Waals surface area contributed by atoms with Crippen molar-refractivity contribution < 1.29 is 66.2 Å². The average Bonchev–Trinajstić information content (AvgIpc) is 4.11. The van der Waals surface area contributed by atoms with Crippen molar-refractivity contribution in [2.45, 2.75) is 106 Å². The molecule has 2 unspecified atom stereocenters. The summed E-state index contributed by atoms with van der Waals surface area (Å²) < 4.78 is 47.1. The Morgan fingerprint density at radius 3 is 2.50 bits per heavy atom. The van der Waals surface area contributed by atoms with E-state index in [2.05, 4.69) is 38.1 Å². The van der Waals surface area contributed by atoms with Crippen LogP contribution in [0.1, 0.15) is 107 Å². The number of ether oxygens (including phenoxy) is 1. The lowest BCUT2D eigenvalue weighted by Gasteiger charge is -2.38. The van der Waals surface area contributed by atoms with Gasteiger partial charge in [0.2, 0.25) is 35.4 Å². The molecule has 8 rings (SSSR count). The molecule has 402 valence electrons. The number of halogens is 2. The quantitative estimate of drug-likeness (QED) is 0.0308. The molecule has 4 aliphatic rings. The smallest absolute Gasteiger partial charge is 0.379 e. The van der Waals surface area contributed by atoms with E-state index in [1.54, 1.807) is 55.6 Å². The molecule has 0 saturated carbocycles. The van der Waals surface area contributed by atoms with Crippen LogP contribution < -0.4 is 27.0 Å². The first-order valence-corrected chi connectivity index (χ1v) is 26.5. The second kappa shape index (κ2) is 23.3. The number of unbranched alkanes of at least 4 members (excludes halogenated alkanes) is 1. The summed E-state index contributed by atoms with van der Waals surface area (Å²) in [7, 11) is -4.18. The highest BCUT2D eigenvalue weighted by Crippen LogP contribution is 2.59. The number of hydrogen-bond acceptors (Lipinski definition) is 11. The van der Waals surface area contributed by atoms with E-state index >= 15 is 0 Å².